The Balaban J connectivity index is 1.51. The molecule has 130 valence electrons. The van der Waals surface area contributed by atoms with Crippen LogP contribution in [0.1, 0.15) is 37.4 Å². The predicted molar refractivity (Wildman–Crippen MR) is 90.0 cm³/mol. The second-order valence-electron chi connectivity index (χ2n) is 6.18. The van der Waals surface area contributed by atoms with E-state index < -0.39 is 0 Å². The number of carbonyl (C=O) groups excluding carboxylic acids is 1. The van der Waals surface area contributed by atoms with Gasteiger partial charge >= 0.3 is 6.03 Å². The normalized spacial score (nSPS) is 17.0. The molecular weight excluding hydrogens is 308 g/mol. The first-order valence-corrected chi connectivity index (χ1v) is 8.25. The molecule has 2 aromatic rings. The lowest BCUT2D eigenvalue weighted by Gasteiger charge is -2.31. The van der Waals surface area contributed by atoms with Crippen LogP contribution in [-0.4, -0.2) is 57.5 Å². The lowest BCUT2D eigenvalue weighted by atomic mass is 9.94. The van der Waals surface area contributed by atoms with Gasteiger partial charge in [-0.05, 0) is 19.8 Å². The number of aromatic nitrogens is 4. The van der Waals surface area contributed by atoms with Crippen molar-refractivity contribution in [2.45, 2.75) is 31.7 Å². The molecule has 1 aliphatic heterocycles. The van der Waals surface area contributed by atoms with E-state index in [9.17, 15) is 4.79 Å². The number of ether oxygens (including phenoxy) is 1. The number of aromatic amines is 1. The Labute approximate surface area is 141 Å². The Morgan fingerprint density at radius 2 is 2.29 bits per heavy atom. The molecule has 0 saturated carbocycles. The van der Waals surface area contributed by atoms with Gasteiger partial charge in [0.2, 0.25) is 0 Å². The molecule has 0 spiro atoms. The number of likely N-dealkylation sites (tertiary alicyclic amines) is 1. The summed E-state index contributed by atoms with van der Waals surface area (Å²) < 4.78 is 6.92. The van der Waals surface area contributed by atoms with E-state index in [2.05, 4.69) is 20.4 Å². The number of hydrogen-bond donors (Lipinski definition) is 2. The number of nitrogens with zero attached hydrogens (tertiary/aromatic N) is 4. The number of anilines is 1. The molecule has 1 aliphatic rings. The van der Waals surface area contributed by atoms with E-state index in [4.69, 9.17) is 4.74 Å². The Hall–Kier alpha value is -2.35. The fourth-order valence-corrected chi connectivity index (χ4v) is 3.04. The van der Waals surface area contributed by atoms with Crippen LogP contribution in [0.4, 0.5) is 10.6 Å². The van der Waals surface area contributed by atoms with Crippen molar-refractivity contribution in [3.8, 4) is 0 Å². The van der Waals surface area contributed by atoms with Gasteiger partial charge in [0, 0.05) is 50.3 Å². The van der Waals surface area contributed by atoms with E-state index in [1.54, 1.807) is 24.2 Å². The van der Waals surface area contributed by atoms with Crippen LogP contribution in [0.5, 0.6) is 0 Å². The maximum absolute atomic E-state index is 12.4. The van der Waals surface area contributed by atoms with E-state index in [-0.39, 0.29) is 12.1 Å². The summed E-state index contributed by atoms with van der Waals surface area (Å²) in [5.41, 5.74) is 1.15. The van der Waals surface area contributed by atoms with Crippen LogP contribution in [0.25, 0.3) is 0 Å². The second kappa shape index (κ2) is 7.48. The molecule has 0 bridgehead atoms. The Morgan fingerprint density at radius 1 is 1.50 bits per heavy atom. The summed E-state index contributed by atoms with van der Waals surface area (Å²) in [7, 11) is 1.66. The second-order valence-corrected chi connectivity index (χ2v) is 6.18. The third kappa shape index (κ3) is 3.76. The summed E-state index contributed by atoms with van der Waals surface area (Å²) in [5.74, 6) is 1.02. The van der Waals surface area contributed by atoms with Crippen molar-refractivity contribution in [3.05, 3.63) is 30.5 Å². The molecule has 0 aliphatic carbocycles. The van der Waals surface area contributed by atoms with Crippen molar-refractivity contribution in [1.29, 1.82) is 0 Å². The highest BCUT2D eigenvalue weighted by Gasteiger charge is 2.25. The van der Waals surface area contributed by atoms with Gasteiger partial charge in [-0.1, -0.05) is 0 Å². The number of imidazole rings is 1. The van der Waals surface area contributed by atoms with Crippen LogP contribution in [0, 0.1) is 0 Å². The topological polar surface area (TPSA) is 88.1 Å². The number of methoxy groups -OCH3 is 1. The fraction of sp³-hybridized carbons (Fsp3) is 0.562. The van der Waals surface area contributed by atoms with Crippen LogP contribution >= 0.6 is 0 Å². The summed E-state index contributed by atoms with van der Waals surface area (Å²) in [6.45, 7) is 4.06. The van der Waals surface area contributed by atoms with Crippen LogP contribution in [0.15, 0.2) is 24.8 Å². The highest BCUT2D eigenvalue weighted by atomic mass is 16.5. The minimum atomic E-state index is -0.0947. The fourth-order valence-electron chi connectivity index (χ4n) is 3.04. The molecule has 0 aromatic carbocycles. The van der Waals surface area contributed by atoms with Crippen molar-refractivity contribution < 1.29 is 9.53 Å². The lowest BCUT2D eigenvalue weighted by Crippen LogP contribution is -2.40. The van der Waals surface area contributed by atoms with Gasteiger partial charge in [-0.25, -0.2) is 9.78 Å². The van der Waals surface area contributed by atoms with Gasteiger partial charge < -0.3 is 14.6 Å². The van der Waals surface area contributed by atoms with Crippen molar-refractivity contribution in [2.24, 2.45) is 0 Å². The van der Waals surface area contributed by atoms with Crippen LogP contribution in [0.2, 0.25) is 0 Å². The molecule has 0 radical (unpaired) electrons. The lowest BCUT2D eigenvalue weighted by molar-refractivity contribution is 0.157. The maximum Gasteiger partial charge on any atom is 0.323 e. The third-order valence-electron chi connectivity index (χ3n) is 4.44. The van der Waals surface area contributed by atoms with Gasteiger partial charge in [-0.2, -0.15) is 5.10 Å². The summed E-state index contributed by atoms with van der Waals surface area (Å²) in [6, 6.07) is 1.84. The van der Waals surface area contributed by atoms with E-state index in [0.717, 1.165) is 31.6 Å². The minimum Gasteiger partial charge on any atom is -0.382 e. The van der Waals surface area contributed by atoms with Crippen molar-refractivity contribution in [2.75, 3.05) is 32.1 Å². The zero-order valence-electron chi connectivity index (χ0n) is 14.1. The smallest absolute Gasteiger partial charge is 0.323 e. The Kier molecular flexibility index (Phi) is 5.14. The molecule has 2 amide bonds. The molecule has 3 rings (SSSR count). The minimum absolute atomic E-state index is 0.0947. The molecule has 24 heavy (non-hydrogen) atoms. The summed E-state index contributed by atoms with van der Waals surface area (Å²) >= 11 is 0. The number of rotatable bonds is 5. The van der Waals surface area contributed by atoms with Gasteiger partial charge in [-0.15, -0.1) is 0 Å². The van der Waals surface area contributed by atoms with E-state index in [0.29, 0.717) is 18.3 Å². The number of urea groups is 1. The van der Waals surface area contributed by atoms with Crippen LogP contribution in [-0.2, 0) is 4.74 Å². The molecule has 2 N–H and O–H groups in total. The van der Waals surface area contributed by atoms with Crippen LogP contribution < -0.4 is 5.32 Å². The molecule has 1 atom stereocenters. The molecule has 1 saturated heterocycles. The monoisotopic (exact) mass is 332 g/mol. The van der Waals surface area contributed by atoms with E-state index in [1.807, 2.05) is 24.2 Å². The number of amides is 2. The molecule has 1 fully saturated rings. The maximum atomic E-state index is 12.4. The first-order valence-electron chi connectivity index (χ1n) is 8.25. The Morgan fingerprint density at radius 3 is 2.96 bits per heavy atom. The van der Waals surface area contributed by atoms with Gasteiger partial charge in [0.05, 0.1) is 19.0 Å². The quantitative estimate of drug-likeness (QED) is 0.879. The summed E-state index contributed by atoms with van der Waals surface area (Å²) in [5, 5.41) is 7.26. The zero-order valence-corrected chi connectivity index (χ0v) is 14.1. The highest BCUT2D eigenvalue weighted by Crippen LogP contribution is 2.26. The van der Waals surface area contributed by atoms with E-state index in [1.165, 1.54) is 0 Å². The van der Waals surface area contributed by atoms with Gasteiger partial charge in [0.15, 0.2) is 5.82 Å². The Bertz CT molecular complexity index is 645. The molecule has 8 nitrogen and oxygen atoms in total. The van der Waals surface area contributed by atoms with Gasteiger partial charge in [0.25, 0.3) is 0 Å². The number of piperidine rings is 1. The number of carbonyl (C=O) groups is 1. The molecule has 8 heteroatoms. The number of H-pyrrole nitrogens is 1. The third-order valence-corrected chi connectivity index (χ3v) is 4.44. The molecule has 3 heterocycles. The highest BCUT2D eigenvalue weighted by molar-refractivity contribution is 5.88. The molecule has 2 aromatic heterocycles. The first-order chi connectivity index (χ1) is 11.7. The largest absolute Gasteiger partial charge is 0.382 e. The SMILES string of the molecule is COC[C@H](C)n1ccc(NC(=O)N2CCC(c3cnc[nH]3)CC2)n1. The van der Waals surface area contributed by atoms with Crippen LogP contribution in [0.3, 0.4) is 0 Å². The van der Waals surface area contributed by atoms with Gasteiger partial charge in [-0.3, -0.25) is 10.00 Å². The summed E-state index contributed by atoms with van der Waals surface area (Å²) in [6.07, 6.45) is 7.30. The van der Waals surface area contributed by atoms with Crippen molar-refractivity contribution in [3.63, 3.8) is 0 Å². The average molecular weight is 332 g/mol. The first kappa shape index (κ1) is 16.5. The van der Waals surface area contributed by atoms with Crippen molar-refractivity contribution in [1.82, 2.24) is 24.6 Å². The predicted octanol–water partition coefficient (Wildman–Crippen LogP) is 2.23. The number of nitrogens with one attached hydrogen (secondary N) is 2. The molecular formula is C16H24N6O2. The number of hydrogen-bond acceptors (Lipinski definition) is 4. The zero-order chi connectivity index (χ0) is 16.9. The standard InChI is InChI=1S/C16H24N6O2/c1-12(10-24-2)22-8-5-15(20-22)19-16(23)21-6-3-13(4-7-21)14-9-17-11-18-14/h5,8-9,11-13H,3-4,6-7,10H2,1-2H3,(H,17,18)(H,19,20,23)/t12-/m0/s1. The molecule has 0 unspecified atom stereocenters. The van der Waals surface area contributed by atoms with Gasteiger partial charge in [0.1, 0.15) is 0 Å². The van der Waals surface area contributed by atoms with Crippen molar-refractivity contribution >= 4 is 11.8 Å². The summed E-state index contributed by atoms with van der Waals surface area (Å²) in [4.78, 5) is 21.5. The average Bonchev–Trinajstić information content (AvgIpc) is 3.27. The van der Waals surface area contributed by atoms with E-state index >= 15 is 0 Å².